The Morgan fingerprint density at radius 1 is 1.33 bits per heavy atom. The van der Waals surface area contributed by atoms with Crippen LogP contribution in [0.3, 0.4) is 0 Å². The summed E-state index contributed by atoms with van der Waals surface area (Å²) < 4.78 is 3.65. The number of rotatable bonds is 5. The smallest absolute Gasteiger partial charge is 0.0967 e. The molecule has 2 aromatic rings. The molecule has 132 valence electrons. The molecular formula is C17H28N6O. The quantitative estimate of drug-likeness (QED) is 0.905. The van der Waals surface area contributed by atoms with Gasteiger partial charge in [0.25, 0.3) is 0 Å². The van der Waals surface area contributed by atoms with Gasteiger partial charge >= 0.3 is 0 Å². The van der Waals surface area contributed by atoms with E-state index in [1.54, 1.807) is 10.9 Å². The van der Waals surface area contributed by atoms with Crippen molar-refractivity contribution in [2.45, 2.75) is 64.3 Å². The molecule has 3 heterocycles. The highest BCUT2D eigenvalue weighted by Gasteiger charge is 2.28. The molecule has 1 N–H and O–H groups in total. The van der Waals surface area contributed by atoms with Gasteiger partial charge in [-0.25, -0.2) is 4.68 Å². The van der Waals surface area contributed by atoms with Gasteiger partial charge in [-0.15, -0.1) is 5.10 Å². The highest BCUT2D eigenvalue weighted by atomic mass is 16.3. The Morgan fingerprint density at radius 2 is 2.12 bits per heavy atom. The van der Waals surface area contributed by atoms with Crippen molar-refractivity contribution in [1.82, 2.24) is 29.7 Å². The van der Waals surface area contributed by atoms with Crippen LogP contribution in [0.1, 0.15) is 57.4 Å². The molecule has 7 heteroatoms. The first-order chi connectivity index (χ1) is 11.3. The van der Waals surface area contributed by atoms with Gasteiger partial charge in [0.1, 0.15) is 0 Å². The minimum Gasteiger partial charge on any atom is -0.388 e. The number of likely N-dealkylation sites (tertiary alicyclic amines) is 1. The highest BCUT2D eigenvalue weighted by Crippen LogP contribution is 2.28. The molecule has 1 fully saturated rings. The van der Waals surface area contributed by atoms with E-state index in [9.17, 15) is 5.11 Å². The average Bonchev–Trinajstić information content (AvgIpc) is 3.21. The second-order valence-corrected chi connectivity index (χ2v) is 7.79. The highest BCUT2D eigenvalue weighted by molar-refractivity contribution is 5.08. The average molecular weight is 332 g/mol. The van der Waals surface area contributed by atoms with Gasteiger partial charge in [0, 0.05) is 31.4 Å². The molecule has 1 aliphatic heterocycles. The zero-order valence-electron chi connectivity index (χ0n) is 15.1. The number of aliphatic hydroxyl groups is 1. The number of aryl methyl sites for hydroxylation is 1. The number of nitrogens with zero attached hydrogens (tertiary/aromatic N) is 6. The molecule has 2 atom stereocenters. The van der Waals surface area contributed by atoms with Gasteiger partial charge in [-0.2, -0.15) is 5.10 Å². The van der Waals surface area contributed by atoms with Crippen molar-refractivity contribution < 1.29 is 5.11 Å². The normalized spacial score (nSPS) is 20.6. The summed E-state index contributed by atoms with van der Waals surface area (Å²) in [6.07, 6.45) is 8.22. The molecular weight excluding hydrogens is 304 g/mol. The number of hydrogen-bond acceptors (Lipinski definition) is 5. The predicted octanol–water partition coefficient (Wildman–Crippen LogP) is 1.85. The molecule has 0 saturated carbocycles. The molecule has 3 rings (SSSR count). The number of aliphatic hydroxyl groups excluding tert-OH is 1. The SMILES string of the molecule is Cn1cc([C@H](O)C[C@H]2CCCN2Cc2cn(C(C)(C)C)nn2)cn1. The van der Waals surface area contributed by atoms with Crippen LogP contribution in [0.2, 0.25) is 0 Å². The van der Waals surface area contributed by atoms with Crippen LogP contribution in [0.4, 0.5) is 0 Å². The second kappa shape index (κ2) is 6.64. The maximum Gasteiger partial charge on any atom is 0.0967 e. The Hall–Kier alpha value is -1.73. The van der Waals surface area contributed by atoms with Crippen LogP contribution in [-0.4, -0.2) is 47.4 Å². The van der Waals surface area contributed by atoms with Crippen LogP contribution < -0.4 is 0 Å². The third-order valence-corrected chi connectivity index (χ3v) is 4.70. The maximum atomic E-state index is 10.5. The van der Waals surface area contributed by atoms with E-state index in [1.807, 2.05) is 24.1 Å². The summed E-state index contributed by atoms with van der Waals surface area (Å²) in [5.74, 6) is 0. The Balaban J connectivity index is 1.62. The second-order valence-electron chi connectivity index (χ2n) is 7.79. The minimum absolute atomic E-state index is 0.0494. The third-order valence-electron chi connectivity index (χ3n) is 4.70. The first kappa shape index (κ1) is 17.1. The topological polar surface area (TPSA) is 72.0 Å². The lowest BCUT2D eigenvalue weighted by Crippen LogP contribution is -2.30. The van der Waals surface area contributed by atoms with Crippen molar-refractivity contribution in [3.8, 4) is 0 Å². The molecule has 0 bridgehead atoms. The zero-order chi connectivity index (χ0) is 17.3. The van der Waals surface area contributed by atoms with Crippen LogP contribution in [0.25, 0.3) is 0 Å². The van der Waals surface area contributed by atoms with Crippen molar-refractivity contribution >= 4 is 0 Å². The lowest BCUT2D eigenvalue weighted by Gasteiger charge is -2.25. The van der Waals surface area contributed by atoms with Crippen molar-refractivity contribution in [3.05, 3.63) is 29.8 Å². The number of hydrogen-bond donors (Lipinski definition) is 1. The Kier molecular flexibility index (Phi) is 4.73. The van der Waals surface area contributed by atoms with Gasteiger partial charge in [-0.3, -0.25) is 9.58 Å². The fourth-order valence-corrected chi connectivity index (χ4v) is 3.28. The van der Waals surface area contributed by atoms with Crippen LogP contribution >= 0.6 is 0 Å². The predicted molar refractivity (Wildman–Crippen MR) is 91.2 cm³/mol. The Bertz CT molecular complexity index is 671. The fraction of sp³-hybridized carbons (Fsp3) is 0.706. The molecule has 0 amide bonds. The van der Waals surface area contributed by atoms with Crippen molar-refractivity contribution in [2.75, 3.05) is 6.54 Å². The molecule has 24 heavy (non-hydrogen) atoms. The van der Waals surface area contributed by atoms with Gasteiger partial charge in [0.2, 0.25) is 0 Å². The summed E-state index contributed by atoms with van der Waals surface area (Å²) >= 11 is 0. The summed E-state index contributed by atoms with van der Waals surface area (Å²) in [5.41, 5.74) is 1.84. The minimum atomic E-state index is -0.463. The van der Waals surface area contributed by atoms with E-state index in [4.69, 9.17) is 0 Å². The molecule has 7 nitrogen and oxygen atoms in total. The standard InChI is InChI=1S/C17H28N6O/c1-17(2,3)23-12-14(19-20-23)11-22-7-5-6-15(22)8-16(24)13-9-18-21(4)10-13/h9-10,12,15-16,24H,5-8,11H2,1-4H3/t15-,16-/m1/s1. The maximum absolute atomic E-state index is 10.5. The molecule has 0 spiro atoms. The van der Waals surface area contributed by atoms with E-state index < -0.39 is 6.10 Å². The van der Waals surface area contributed by atoms with Crippen LogP contribution in [0.15, 0.2) is 18.6 Å². The monoisotopic (exact) mass is 332 g/mol. The first-order valence-corrected chi connectivity index (χ1v) is 8.65. The van der Waals surface area contributed by atoms with E-state index in [2.05, 4.69) is 41.1 Å². The number of aromatic nitrogens is 5. The molecule has 0 aliphatic carbocycles. The largest absolute Gasteiger partial charge is 0.388 e. The first-order valence-electron chi connectivity index (χ1n) is 8.65. The summed E-state index contributed by atoms with van der Waals surface area (Å²) in [5, 5.41) is 23.2. The van der Waals surface area contributed by atoms with Gasteiger partial charge in [-0.1, -0.05) is 5.21 Å². The summed E-state index contributed by atoms with van der Waals surface area (Å²) in [6, 6.07) is 0.375. The molecule has 1 aliphatic rings. The lowest BCUT2D eigenvalue weighted by atomic mass is 10.0. The van der Waals surface area contributed by atoms with Gasteiger partial charge in [-0.05, 0) is 46.6 Å². The summed E-state index contributed by atoms with van der Waals surface area (Å²) in [7, 11) is 1.87. The van der Waals surface area contributed by atoms with Crippen LogP contribution in [0.5, 0.6) is 0 Å². The fourth-order valence-electron chi connectivity index (χ4n) is 3.28. The van der Waals surface area contributed by atoms with E-state index >= 15 is 0 Å². The van der Waals surface area contributed by atoms with Gasteiger partial charge in [0.05, 0.1) is 29.7 Å². The van der Waals surface area contributed by atoms with Gasteiger partial charge in [0.15, 0.2) is 0 Å². The Labute approximate surface area is 143 Å². The molecule has 0 aromatic carbocycles. The van der Waals surface area contributed by atoms with Crippen LogP contribution in [0, 0.1) is 0 Å². The van der Waals surface area contributed by atoms with Crippen molar-refractivity contribution in [1.29, 1.82) is 0 Å². The summed E-state index contributed by atoms with van der Waals surface area (Å²) in [6.45, 7) is 8.20. The third kappa shape index (κ3) is 3.84. The van der Waals surface area contributed by atoms with E-state index in [0.717, 1.165) is 43.6 Å². The van der Waals surface area contributed by atoms with Crippen LogP contribution in [-0.2, 0) is 19.1 Å². The molecule has 0 radical (unpaired) electrons. The molecule has 1 saturated heterocycles. The van der Waals surface area contributed by atoms with Gasteiger partial charge < -0.3 is 5.11 Å². The van der Waals surface area contributed by atoms with Crippen molar-refractivity contribution in [3.63, 3.8) is 0 Å². The molecule has 2 aromatic heterocycles. The van der Waals surface area contributed by atoms with E-state index in [0.29, 0.717) is 6.04 Å². The lowest BCUT2D eigenvalue weighted by molar-refractivity contribution is 0.117. The van der Waals surface area contributed by atoms with Crippen molar-refractivity contribution in [2.24, 2.45) is 7.05 Å². The van der Waals surface area contributed by atoms with E-state index in [1.165, 1.54) is 0 Å². The molecule has 0 unspecified atom stereocenters. The Morgan fingerprint density at radius 3 is 2.75 bits per heavy atom. The summed E-state index contributed by atoms with van der Waals surface area (Å²) in [4.78, 5) is 2.41. The zero-order valence-corrected chi connectivity index (χ0v) is 15.1. The van der Waals surface area contributed by atoms with E-state index in [-0.39, 0.29) is 5.54 Å².